The van der Waals surface area contributed by atoms with Gasteiger partial charge >= 0.3 is 0 Å². The third kappa shape index (κ3) is 2.79. The van der Waals surface area contributed by atoms with Gasteiger partial charge in [0.25, 0.3) is 0 Å². The molecule has 0 aromatic heterocycles. The zero-order chi connectivity index (χ0) is 10.7. The van der Waals surface area contributed by atoms with Gasteiger partial charge in [0.2, 0.25) is 5.91 Å². The first kappa shape index (κ1) is 10.6. The molecule has 0 saturated carbocycles. The highest BCUT2D eigenvalue weighted by Crippen LogP contribution is 2.19. The summed E-state index contributed by atoms with van der Waals surface area (Å²) in [7, 11) is 0. The van der Waals surface area contributed by atoms with Crippen molar-refractivity contribution in [1.29, 1.82) is 0 Å². The number of amides is 1. The summed E-state index contributed by atoms with van der Waals surface area (Å²) in [6, 6.07) is 7.88. The summed E-state index contributed by atoms with van der Waals surface area (Å²) in [5.41, 5.74) is 1.07. The van der Waals surface area contributed by atoms with E-state index in [1.54, 1.807) is 0 Å². The summed E-state index contributed by atoms with van der Waals surface area (Å²) >= 11 is 3.41. The summed E-state index contributed by atoms with van der Waals surface area (Å²) in [6.07, 6.45) is 0.449. The second-order valence-corrected chi connectivity index (χ2v) is 4.42. The monoisotopic (exact) mass is 269 g/mol. The van der Waals surface area contributed by atoms with Crippen molar-refractivity contribution in [3.8, 4) is 0 Å². The minimum atomic E-state index is -0.0301. The number of rotatable bonds is 1. The molecule has 2 rings (SSSR count). The first-order valence-electron chi connectivity index (χ1n) is 4.88. The summed E-state index contributed by atoms with van der Waals surface area (Å²) in [5, 5.41) is 2.94. The van der Waals surface area contributed by atoms with Crippen LogP contribution in [-0.2, 0) is 9.53 Å². The van der Waals surface area contributed by atoms with Crippen molar-refractivity contribution in [2.45, 2.75) is 12.5 Å². The Balaban J connectivity index is 2.18. The second kappa shape index (κ2) is 4.77. The zero-order valence-electron chi connectivity index (χ0n) is 8.20. The smallest absolute Gasteiger partial charge is 0.222 e. The van der Waals surface area contributed by atoms with Crippen LogP contribution >= 0.6 is 15.9 Å². The van der Waals surface area contributed by atoms with Crippen molar-refractivity contribution in [2.75, 3.05) is 13.2 Å². The molecule has 0 aliphatic carbocycles. The lowest BCUT2D eigenvalue weighted by Gasteiger charge is -2.15. The molecule has 0 bridgehead atoms. The number of halogens is 1. The van der Waals surface area contributed by atoms with Crippen molar-refractivity contribution in [3.05, 3.63) is 34.3 Å². The fourth-order valence-corrected chi connectivity index (χ4v) is 1.99. The number of nitrogens with one attached hydrogen (secondary N) is 1. The first-order valence-corrected chi connectivity index (χ1v) is 5.67. The van der Waals surface area contributed by atoms with E-state index in [2.05, 4.69) is 21.2 Å². The van der Waals surface area contributed by atoms with Crippen LogP contribution in [0.2, 0.25) is 0 Å². The fourth-order valence-electron chi connectivity index (χ4n) is 1.58. The minimum Gasteiger partial charge on any atom is -0.378 e. The molecule has 1 saturated heterocycles. The third-order valence-electron chi connectivity index (χ3n) is 2.34. The Bertz CT molecular complexity index is 367. The molecule has 0 spiro atoms. The molecule has 1 heterocycles. The summed E-state index contributed by atoms with van der Waals surface area (Å²) in [4.78, 5) is 11.3. The molecular weight excluding hydrogens is 258 g/mol. The lowest BCUT2D eigenvalue weighted by molar-refractivity contribution is -0.121. The van der Waals surface area contributed by atoms with Gasteiger partial charge in [-0.15, -0.1) is 0 Å². The van der Waals surface area contributed by atoms with Crippen LogP contribution in [0.1, 0.15) is 18.0 Å². The topological polar surface area (TPSA) is 38.3 Å². The highest BCUT2D eigenvalue weighted by molar-refractivity contribution is 9.10. The van der Waals surface area contributed by atoms with E-state index in [1.807, 2.05) is 24.3 Å². The fraction of sp³-hybridized carbons (Fsp3) is 0.364. The molecule has 80 valence electrons. The van der Waals surface area contributed by atoms with E-state index in [0.29, 0.717) is 19.6 Å². The maximum atomic E-state index is 11.3. The lowest BCUT2D eigenvalue weighted by atomic mass is 10.1. The van der Waals surface area contributed by atoms with E-state index >= 15 is 0 Å². The van der Waals surface area contributed by atoms with Gasteiger partial charge < -0.3 is 10.1 Å². The normalized spacial score (nSPS) is 21.9. The zero-order valence-corrected chi connectivity index (χ0v) is 9.79. The molecule has 1 aliphatic rings. The van der Waals surface area contributed by atoms with Crippen molar-refractivity contribution >= 4 is 21.8 Å². The Kier molecular flexibility index (Phi) is 3.38. The molecule has 1 N–H and O–H groups in total. The number of ether oxygens (including phenoxy) is 1. The molecule has 1 fully saturated rings. The van der Waals surface area contributed by atoms with Gasteiger partial charge in [-0.2, -0.15) is 0 Å². The molecule has 0 radical (unpaired) electrons. The maximum absolute atomic E-state index is 11.3. The number of benzene rings is 1. The van der Waals surface area contributed by atoms with Gasteiger partial charge in [-0.05, 0) is 17.7 Å². The van der Waals surface area contributed by atoms with Crippen LogP contribution in [-0.4, -0.2) is 19.1 Å². The third-order valence-corrected chi connectivity index (χ3v) is 2.84. The predicted molar refractivity (Wildman–Crippen MR) is 60.5 cm³/mol. The van der Waals surface area contributed by atoms with Gasteiger partial charge in [-0.3, -0.25) is 4.79 Å². The van der Waals surface area contributed by atoms with E-state index in [0.717, 1.165) is 10.0 Å². The van der Waals surface area contributed by atoms with Gasteiger partial charge in [0.15, 0.2) is 0 Å². The Labute approximate surface area is 96.9 Å². The van der Waals surface area contributed by atoms with Crippen LogP contribution < -0.4 is 5.32 Å². The Morgan fingerprint density at radius 3 is 3.13 bits per heavy atom. The van der Waals surface area contributed by atoms with Gasteiger partial charge in [-0.25, -0.2) is 0 Å². The van der Waals surface area contributed by atoms with Crippen LogP contribution in [0.4, 0.5) is 0 Å². The molecule has 1 atom stereocenters. The van der Waals surface area contributed by atoms with E-state index in [4.69, 9.17) is 4.74 Å². The summed E-state index contributed by atoms with van der Waals surface area (Å²) < 4.78 is 6.39. The van der Waals surface area contributed by atoms with Crippen LogP contribution in [0.3, 0.4) is 0 Å². The van der Waals surface area contributed by atoms with E-state index < -0.39 is 0 Å². The first-order chi connectivity index (χ1) is 7.25. The quantitative estimate of drug-likeness (QED) is 0.847. The van der Waals surface area contributed by atoms with E-state index in [-0.39, 0.29) is 11.9 Å². The van der Waals surface area contributed by atoms with Gasteiger partial charge in [-0.1, -0.05) is 28.1 Å². The average molecular weight is 270 g/mol. The summed E-state index contributed by atoms with van der Waals surface area (Å²) in [6.45, 7) is 1.05. The molecule has 1 aliphatic heterocycles. The molecular formula is C11H12BrNO2. The van der Waals surface area contributed by atoms with E-state index in [9.17, 15) is 4.79 Å². The Hall–Kier alpha value is -0.870. The van der Waals surface area contributed by atoms with Crippen molar-refractivity contribution in [2.24, 2.45) is 0 Å². The average Bonchev–Trinajstić information content (AvgIpc) is 2.43. The minimum absolute atomic E-state index is 0.0301. The molecule has 3 nitrogen and oxygen atoms in total. The Morgan fingerprint density at radius 1 is 1.47 bits per heavy atom. The molecule has 15 heavy (non-hydrogen) atoms. The van der Waals surface area contributed by atoms with Crippen LogP contribution in [0.25, 0.3) is 0 Å². The number of carbonyl (C=O) groups is 1. The van der Waals surface area contributed by atoms with Crippen molar-refractivity contribution < 1.29 is 9.53 Å². The van der Waals surface area contributed by atoms with Crippen molar-refractivity contribution in [1.82, 2.24) is 5.32 Å². The molecule has 1 amide bonds. The number of carbonyl (C=O) groups excluding carboxylic acids is 1. The highest BCUT2D eigenvalue weighted by atomic mass is 79.9. The number of hydrogen-bond donors (Lipinski definition) is 1. The molecule has 1 aromatic rings. The van der Waals surface area contributed by atoms with Gasteiger partial charge in [0, 0.05) is 10.9 Å². The van der Waals surface area contributed by atoms with Gasteiger partial charge in [0.05, 0.1) is 19.3 Å². The molecule has 1 aromatic carbocycles. The Morgan fingerprint density at radius 2 is 2.33 bits per heavy atom. The maximum Gasteiger partial charge on any atom is 0.222 e. The summed E-state index contributed by atoms with van der Waals surface area (Å²) in [5.74, 6) is 0.0532. The SMILES string of the molecule is O=C1CCOCC(c2cccc(Br)c2)N1. The van der Waals surface area contributed by atoms with Crippen LogP contribution in [0.15, 0.2) is 28.7 Å². The molecule has 1 unspecified atom stereocenters. The number of hydrogen-bond acceptors (Lipinski definition) is 2. The standard InChI is InChI=1S/C11H12BrNO2/c12-9-3-1-2-8(6-9)10-7-15-5-4-11(14)13-10/h1-3,6,10H,4-5,7H2,(H,13,14). The second-order valence-electron chi connectivity index (χ2n) is 3.50. The van der Waals surface area contributed by atoms with Crippen LogP contribution in [0.5, 0.6) is 0 Å². The predicted octanol–water partition coefficient (Wildman–Crippen LogP) is 2.03. The molecule has 4 heteroatoms. The lowest BCUT2D eigenvalue weighted by Crippen LogP contribution is -2.28. The van der Waals surface area contributed by atoms with Gasteiger partial charge in [0.1, 0.15) is 0 Å². The van der Waals surface area contributed by atoms with E-state index in [1.165, 1.54) is 0 Å². The van der Waals surface area contributed by atoms with Crippen molar-refractivity contribution in [3.63, 3.8) is 0 Å². The van der Waals surface area contributed by atoms with Crippen LogP contribution in [0, 0.1) is 0 Å². The highest BCUT2D eigenvalue weighted by Gasteiger charge is 2.18. The largest absolute Gasteiger partial charge is 0.378 e.